The number of hydrogen-bond acceptors (Lipinski definition) is 2. The lowest BCUT2D eigenvalue weighted by Gasteiger charge is -2.18. The quantitative estimate of drug-likeness (QED) is 0.763. The van der Waals surface area contributed by atoms with Crippen LogP contribution in [0, 0.1) is 5.92 Å². The smallest absolute Gasteiger partial charge is 0.387 e. The van der Waals surface area contributed by atoms with Gasteiger partial charge in [-0.2, -0.15) is 8.78 Å². The molecule has 2 atom stereocenters. The Kier molecular flexibility index (Phi) is 5.62. The number of ether oxygens (including phenoxy) is 1. The maximum absolute atomic E-state index is 12.2. The van der Waals surface area contributed by atoms with Crippen molar-refractivity contribution in [1.82, 2.24) is 0 Å². The summed E-state index contributed by atoms with van der Waals surface area (Å²) in [6.07, 6.45) is 7.35. The van der Waals surface area contributed by atoms with Crippen molar-refractivity contribution in [2.45, 2.75) is 58.1 Å². The molecule has 0 radical (unpaired) electrons. The van der Waals surface area contributed by atoms with Crippen LogP contribution >= 0.6 is 0 Å². The molecule has 2 unspecified atom stereocenters. The summed E-state index contributed by atoms with van der Waals surface area (Å²) in [6, 6.07) is 7.28. The molecule has 0 saturated heterocycles. The lowest BCUT2D eigenvalue weighted by molar-refractivity contribution is -0.0498. The second kappa shape index (κ2) is 7.46. The van der Waals surface area contributed by atoms with Crippen molar-refractivity contribution in [3.63, 3.8) is 0 Å². The Balaban J connectivity index is 1.92. The van der Waals surface area contributed by atoms with Crippen molar-refractivity contribution in [1.29, 1.82) is 0 Å². The molecule has 1 N–H and O–H groups in total. The summed E-state index contributed by atoms with van der Waals surface area (Å²) in [4.78, 5) is 0. The van der Waals surface area contributed by atoms with Gasteiger partial charge in [0.05, 0.1) is 0 Å². The van der Waals surface area contributed by atoms with E-state index in [-0.39, 0.29) is 5.75 Å². The van der Waals surface area contributed by atoms with E-state index >= 15 is 0 Å². The van der Waals surface area contributed by atoms with Crippen molar-refractivity contribution < 1.29 is 13.5 Å². The largest absolute Gasteiger partial charge is 0.435 e. The van der Waals surface area contributed by atoms with Crippen LogP contribution in [0.25, 0.3) is 0 Å². The van der Waals surface area contributed by atoms with Gasteiger partial charge in [-0.05, 0) is 37.3 Å². The molecule has 20 heavy (non-hydrogen) atoms. The van der Waals surface area contributed by atoms with E-state index in [2.05, 4.69) is 17.0 Å². The van der Waals surface area contributed by atoms with Crippen molar-refractivity contribution in [3.8, 4) is 5.75 Å². The van der Waals surface area contributed by atoms with Crippen LogP contribution < -0.4 is 10.1 Å². The van der Waals surface area contributed by atoms with Crippen LogP contribution in [-0.2, 0) is 0 Å². The summed E-state index contributed by atoms with van der Waals surface area (Å²) in [5.41, 5.74) is 0.864. The molecule has 1 aromatic carbocycles. The van der Waals surface area contributed by atoms with Crippen molar-refractivity contribution in [3.05, 3.63) is 24.3 Å². The average molecular weight is 283 g/mol. The standard InChI is InChI=1S/C16H23F2NO/c1-2-12-5-3-6-13(10-9-12)19-14-7-4-8-15(11-14)20-16(17)18/h4,7-8,11-13,16,19H,2-3,5-6,9-10H2,1H3. The summed E-state index contributed by atoms with van der Waals surface area (Å²) >= 11 is 0. The predicted octanol–water partition coefficient (Wildman–Crippen LogP) is 5.06. The number of halogens is 2. The van der Waals surface area contributed by atoms with Crippen LogP contribution in [0.1, 0.15) is 45.4 Å². The number of alkyl halides is 2. The summed E-state index contributed by atoms with van der Waals surface area (Å²) in [6.45, 7) is -0.516. The Morgan fingerprint density at radius 2 is 2.10 bits per heavy atom. The zero-order valence-corrected chi connectivity index (χ0v) is 11.9. The normalized spacial score (nSPS) is 23.4. The molecule has 0 amide bonds. The fourth-order valence-corrected chi connectivity index (χ4v) is 2.93. The molecule has 112 valence electrons. The molecule has 0 heterocycles. The third-order valence-electron chi connectivity index (χ3n) is 4.10. The zero-order chi connectivity index (χ0) is 14.4. The molecular formula is C16H23F2NO. The molecule has 2 nitrogen and oxygen atoms in total. The van der Waals surface area contributed by atoms with Gasteiger partial charge in [0, 0.05) is 17.8 Å². The van der Waals surface area contributed by atoms with E-state index < -0.39 is 6.61 Å². The van der Waals surface area contributed by atoms with Gasteiger partial charge in [-0.3, -0.25) is 0 Å². The minimum Gasteiger partial charge on any atom is -0.435 e. The predicted molar refractivity (Wildman–Crippen MR) is 77.4 cm³/mol. The second-order valence-corrected chi connectivity index (χ2v) is 5.53. The zero-order valence-electron chi connectivity index (χ0n) is 11.9. The summed E-state index contributed by atoms with van der Waals surface area (Å²) in [5.74, 6) is 1.06. The third kappa shape index (κ3) is 4.66. The molecule has 1 aromatic rings. The Morgan fingerprint density at radius 3 is 2.85 bits per heavy atom. The molecular weight excluding hydrogens is 260 g/mol. The number of anilines is 1. The van der Waals surface area contributed by atoms with Crippen LogP contribution in [-0.4, -0.2) is 12.7 Å². The average Bonchev–Trinajstić information content (AvgIpc) is 2.63. The van der Waals surface area contributed by atoms with E-state index in [1.807, 2.05) is 6.07 Å². The van der Waals surface area contributed by atoms with Gasteiger partial charge in [0.25, 0.3) is 0 Å². The van der Waals surface area contributed by atoms with Gasteiger partial charge >= 0.3 is 6.61 Å². The Hall–Kier alpha value is -1.32. The maximum atomic E-state index is 12.2. The number of hydrogen-bond donors (Lipinski definition) is 1. The number of nitrogens with one attached hydrogen (secondary N) is 1. The summed E-state index contributed by atoms with van der Waals surface area (Å²) in [7, 11) is 0. The Bertz CT molecular complexity index is 411. The van der Waals surface area contributed by atoms with Crippen molar-refractivity contribution >= 4 is 5.69 Å². The fourth-order valence-electron chi connectivity index (χ4n) is 2.93. The molecule has 1 saturated carbocycles. The van der Waals surface area contributed by atoms with Gasteiger partial charge in [-0.25, -0.2) is 0 Å². The summed E-state index contributed by atoms with van der Waals surface area (Å²) in [5, 5.41) is 3.45. The van der Waals surface area contributed by atoms with Gasteiger partial charge in [-0.1, -0.05) is 32.3 Å². The minimum atomic E-state index is -2.77. The van der Waals surface area contributed by atoms with E-state index in [1.165, 1.54) is 25.7 Å². The Morgan fingerprint density at radius 1 is 1.25 bits per heavy atom. The first-order chi connectivity index (χ1) is 9.67. The van der Waals surface area contributed by atoms with Gasteiger partial charge in [0.2, 0.25) is 0 Å². The first kappa shape index (κ1) is 15.1. The molecule has 2 rings (SSSR count). The Labute approximate surface area is 119 Å². The number of rotatable bonds is 5. The molecule has 4 heteroatoms. The highest BCUT2D eigenvalue weighted by atomic mass is 19.3. The van der Waals surface area contributed by atoms with Crippen LogP contribution in [0.2, 0.25) is 0 Å². The highest BCUT2D eigenvalue weighted by Gasteiger charge is 2.17. The topological polar surface area (TPSA) is 21.3 Å². The summed E-state index contributed by atoms with van der Waals surface area (Å²) < 4.78 is 28.8. The van der Waals surface area contributed by atoms with Crippen molar-refractivity contribution in [2.24, 2.45) is 5.92 Å². The SMILES string of the molecule is CCC1CCCC(Nc2cccc(OC(F)F)c2)CC1. The van der Waals surface area contributed by atoms with E-state index in [0.717, 1.165) is 24.4 Å². The lowest BCUT2D eigenvalue weighted by atomic mass is 9.98. The third-order valence-corrected chi connectivity index (χ3v) is 4.10. The molecule has 1 aliphatic carbocycles. The molecule has 0 bridgehead atoms. The highest BCUT2D eigenvalue weighted by molar-refractivity contribution is 5.48. The van der Waals surface area contributed by atoms with Crippen LogP contribution in [0.3, 0.4) is 0 Å². The molecule has 0 spiro atoms. The lowest BCUT2D eigenvalue weighted by Crippen LogP contribution is -2.18. The van der Waals surface area contributed by atoms with Gasteiger partial charge < -0.3 is 10.1 Å². The van der Waals surface area contributed by atoms with Crippen LogP contribution in [0.4, 0.5) is 14.5 Å². The van der Waals surface area contributed by atoms with Gasteiger partial charge in [-0.15, -0.1) is 0 Å². The molecule has 1 fully saturated rings. The van der Waals surface area contributed by atoms with E-state index in [0.29, 0.717) is 6.04 Å². The first-order valence-electron chi connectivity index (χ1n) is 7.48. The van der Waals surface area contributed by atoms with Gasteiger partial charge in [0.15, 0.2) is 0 Å². The second-order valence-electron chi connectivity index (χ2n) is 5.53. The maximum Gasteiger partial charge on any atom is 0.387 e. The molecule has 0 aromatic heterocycles. The fraction of sp³-hybridized carbons (Fsp3) is 0.625. The highest BCUT2D eigenvalue weighted by Crippen LogP contribution is 2.28. The first-order valence-corrected chi connectivity index (χ1v) is 7.48. The monoisotopic (exact) mass is 283 g/mol. The van der Waals surface area contributed by atoms with Crippen LogP contribution in [0.15, 0.2) is 24.3 Å². The minimum absolute atomic E-state index is 0.213. The van der Waals surface area contributed by atoms with Gasteiger partial charge in [0.1, 0.15) is 5.75 Å². The van der Waals surface area contributed by atoms with E-state index in [1.54, 1.807) is 18.2 Å². The molecule has 0 aliphatic heterocycles. The van der Waals surface area contributed by atoms with E-state index in [4.69, 9.17) is 0 Å². The van der Waals surface area contributed by atoms with E-state index in [9.17, 15) is 8.78 Å². The van der Waals surface area contributed by atoms with Crippen molar-refractivity contribution in [2.75, 3.05) is 5.32 Å². The number of benzene rings is 1. The molecule has 1 aliphatic rings. The van der Waals surface area contributed by atoms with Crippen LogP contribution in [0.5, 0.6) is 5.75 Å².